The first-order valence-corrected chi connectivity index (χ1v) is 10.8. The molecular weight excluding hydrogens is 450 g/mol. The van der Waals surface area contributed by atoms with E-state index in [2.05, 4.69) is 0 Å². The predicted octanol–water partition coefficient (Wildman–Crippen LogP) is 1.99. The van der Waals surface area contributed by atoms with E-state index in [4.69, 9.17) is 15.2 Å². The zero-order chi connectivity index (χ0) is 22.7. The number of phenolic OH excluding ortho intramolecular Hbond substituents is 2. The Morgan fingerprint density at radius 2 is 1.61 bits per heavy atom. The number of carbonyl (C=O) groups excluding carboxylic acids is 2. The molecule has 0 saturated carbocycles. The van der Waals surface area contributed by atoms with Gasteiger partial charge in [-0.1, -0.05) is 24.3 Å². The minimum absolute atomic E-state index is 0. The van der Waals surface area contributed by atoms with Crippen LogP contribution >= 0.6 is 12.4 Å². The predicted molar refractivity (Wildman–Crippen MR) is 120 cm³/mol. The number of nitrogens with two attached hydrogens (primary N) is 1. The van der Waals surface area contributed by atoms with Crippen LogP contribution in [-0.2, 0) is 22.3 Å². The molecule has 9 heteroatoms. The molecule has 2 aliphatic carbocycles. The van der Waals surface area contributed by atoms with E-state index in [0.717, 1.165) is 0 Å². The highest BCUT2D eigenvalue weighted by atomic mass is 35.5. The Hall–Kier alpha value is -2.49. The van der Waals surface area contributed by atoms with Crippen molar-refractivity contribution in [3.63, 3.8) is 0 Å². The van der Waals surface area contributed by atoms with Crippen LogP contribution in [-0.4, -0.2) is 57.5 Å². The number of fused-ring (bicyclic) bond motifs is 3. The van der Waals surface area contributed by atoms with Crippen molar-refractivity contribution < 1.29 is 34.4 Å². The van der Waals surface area contributed by atoms with Crippen LogP contribution in [0.25, 0.3) is 0 Å². The van der Waals surface area contributed by atoms with Crippen molar-refractivity contribution in [3.05, 3.63) is 57.6 Å². The molecule has 0 radical (unpaired) electrons. The van der Waals surface area contributed by atoms with Crippen LogP contribution < -0.4 is 5.73 Å². The zero-order valence-corrected chi connectivity index (χ0v) is 18.8. The summed E-state index contributed by atoms with van der Waals surface area (Å²) in [7, 11) is 0. The number of carbonyl (C=O) groups is 2. The number of hydrogen-bond donors (Lipinski definition) is 4. The molecule has 1 saturated heterocycles. The lowest BCUT2D eigenvalue weighted by Gasteiger charge is -2.38. The second-order valence-corrected chi connectivity index (χ2v) is 8.77. The first-order chi connectivity index (χ1) is 15.3. The number of rotatable bonds is 2. The Morgan fingerprint density at radius 1 is 1.03 bits per heavy atom. The van der Waals surface area contributed by atoms with Crippen LogP contribution in [0.2, 0.25) is 0 Å². The normalized spacial score (nSPS) is 28.4. The van der Waals surface area contributed by atoms with Gasteiger partial charge in [-0.25, -0.2) is 0 Å². The summed E-state index contributed by atoms with van der Waals surface area (Å²) >= 11 is 0. The Kier molecular flexibility index (Phi) is 6.24. The van der Waals surface area contributed by atoms with Gasteiger partial charge in [0, 0.05) is 41.1 Å². The molecule has 0 aromatic heterocycles. The van der Waals surface area contributed by atoms with Gasteiger partial charge in [0.15, 0.2) is 17.9 Å². The van der Waals surface area contributed by atoms with Gasteiger partial charge in [-0.05, 0) is 19.8 Å². The third kappa shape index (κ3) is 3.72. The minimum Gasteiger partial charge on any atom is -0.507 e. The monoisotopic (exact) mass is 475 g/mol. The summed E-state index contributed by atoms with van der Waals surface area (Å²) in [5.41, 5.74) is 6.99. The fraction of sp³-hybridized carbons (Fsp3) is 0.417. The van der Waals surface area contributed by atoms with Gasteiger partial charge in [0.2, 0.25) is 0 Å². The van der Waals surface area contributed by atoms with E-state index in [-0.39, 0.29) is 58.7 Å². The Labute approximate surface area is 196 Å². The van der Waals surface area contributed by atoms with Crippen molar-refractivity contribution in [2.75, 3.05) is 0 Å². The SMILES string of the molecule is CC1OC(OC2CCc3c(O)c4c(c(O)c3C2)C(=O)c2ccccc2C4=O)CC(N)C1O.Cl. The van der Waals surface area contributed by atoms with Gasteiger partial charge in [0.25, 0.3) is 0 Å². The Balaban J connectivity index is 0.00000259. The lowest BCUT2D eigenvalue weighted by Crippen LogP contribution is -2.52. The summed E-state index contributed by atoms with van der Waals surface area (Å²) in [5, 5.41) is 31.9. The van der Waals surface area contributed by atoms with Crippen molar-refractivity contribution in [2.24, 2.45) is 5.73 Å². The van der Waals surface area contributed by atoms with Crippen LogP contribution in [0.5, 0.6) is 11.5 Å². The van der Waals surface area contributed by atoms with Gasteiger partial charge in [-0.2, -0.15) is 0 Å². The standard InChI is InChI=1S/C24H25NO7.ClH/c1-10-20(26)16(25)9-17(31-10)32-11-6-7-14-15(8-11)24(30)19-18(23(14)29)21(27)12-4-2-3-5-13(12)22(19)28;/h2-5,10-11,16-17,20,26,29-30H,6-9,25H2,1H3;1H. The number of benzene rings is 2. The first-order valence-electron chi connectivity index (χ1n) is 10.8. The summed E-state index contributed by atoms with van der Waals surface area (Å²) in [6.45, 7) is 1.73. The summed E-state index contributed by atoms with van der Waals surface area (Å²) in [4.78, 5) is 26.1. The molecule has 176 valence electrons. The number of ether oxygens (including phenoxy) is 2. The van der Waals surface area contributed by atoms with E-state index in [1.54, 1.807) is 31.2 Å². The second-order valence-electron chi connectivity index (χ2n) is 8.77. The van der Waals surface area contributed by atoms with E-state index < -0.39 is 36.1 Å². The van der Waals surface area contributed by atoms with Gasteiger partial charge in [-0.3, -0.25) is 9.59 Å². The summed E-state index contributed by atoms with van der Waals surface area (Å²) < 4.78 is 11.8. The van der Waals surface area contributed by atoms with Crippen LogP contribution in [0, 0.1) is 0 Å². The fourth-order valence-electron chi connectivity index (χ4n) is 5.04. The Bertz CT molecular complexity index is 1120. The molecule has 5 rings (SSSR count). The third-order valence-corrected chi connectivity index (χ3v) is 6.77. The number of hydrogen-bond acceptors (Lipinski definition) is 8. The molecule has 0 spiro atoms. The molecule has 2 aromatic rings. The number of aromatic hydroxyl groups is 2. The topological polar surface area (TPSA) is 139 Å². The van der Waals surface area contributed by atoms with E-state index >= 15 is 0 Å². The molecule has 1 heterocycles. The smallest absolute Gasteiger partial charge is 0.198 e. The van der Waals surface area contributed by atoms with E-state index in [9.17, 15) is 24.9 Å². The van der Waals surface area contributed by atoms with Gasteiger partial charge < -0.3 is 30.5 Å². The lowest BCUT2D eigenvalue weighted by atomic mass is 9.77. The van der Waals surface area contributed by atoms with Gasteiger partial charge >= 0.3 is 0 Å². The lowest BCUT2D eigenvalue weighted by molar-refractivity contribution is -0.239. The zero-order valence-electron chi connectivity index (χ0n) is 18.0. The molecule has 33 heavy (non-hydrogen) atoms. The van der Waals surface area contributed by atoms with Gasteiger partial charge in [0.05, 0.1) is 29.4 Å². The molecule has 2 aromatic carbocycles. The average Bonchev–Trinajstić information content (AvgIpc) is 2.78. The summed E-state index contributed by atoms with van der Waals surface area (Å²) in [6.07, 6.45) is -0.688. The van der Waals surface area contributed by atoms with Crippen molar-refractivity contribution in [3.8, 4) is 11.5 Å². The molecule has 5 atom stereocenters. The molecular formula is C24H26ClNO7. The van der Waals surface area contributed by atoms with Crippen molar-refractivity contribution in [2.45, 2.75) is 63.3 Å². The van der Waals surface area contributed by atoms with Crippen LogP contribution in [0.15, 0.2) is 24.3 Å². The number of phenols is 2. The third-order valence-electron chi connectivity index (χ3n) is 6.77. The fourth-order valence-corrected chi connectivity index (χ4v) is 5.04. The molecule has 5 unspecified atom stereocenters. The van der Waals surface area contributed by atoms with Crippen molar-refractivity contribution >= 4 is 24.0 Å². The average molecular weight is 476 g/mol. The number of halogens is 1. The van der Waals surface area contributed by atoms with E-state index in [1.807, 2.05) is 0 Å². The number of ketones is 2. The number of aliphatic hydroxyl groups is 1. The highest BCUT2D eigenvalue weighted by Gasteiger charge is 2.40. The van der Waals surface area contributed by atoms with Crippen LogP contribution in [0.1, 0.15) is 62.7 Å². The highest BCUT2D eigenvalue weighted by Crippen LogP contribution is 2.46. The Morgan fingerprint density at radius 3 is 2.18 bits per heavy atom. The summed E-state index contributed by atoms with van der Waals surface area (Å²) in [5.74, 6) is -1.48. The molecule has 0 bridgehead atoms. The van der Waals surface area contributed by atoms with Gasteiger partial charge in [-0.15, -0.1) is 12.4 Å². The molecule has 1 aliphatic heterocycles. The minimum atomic E-state index is -0.763. The van der Waals surface area contributed by atoms with Crippen molar-refractivity contribution in [1.29, 1.82) is 0 Å². The summed E-state index contributed by atoms with van der Waals surface area (Å²) in [6, 6.07) is 5.93. The van der Waals surface area contributed by atoms with E-state index in [1.165, 1.54) is 0 Å². The maximum Gasteiger partial charge on any atom is 0.198 e. The highest BCUT2D eigenvalue weighted by molar-refractivity contribution is 6.30. The maximum absolute atomic E-state index is 13.1. The van der Waals surface area contributed by atoms with E-state index in [0.29, 0.717) is 30.4 Å². The maximum atomic E-state index is 13.1. The van der Waals surface area contributed by atoms with Gasteiger partial charge in [0.1, 0.15) is 11.5 Å². The second kappa shape index (κ2) is 8.70. The molecule has 8 nitrogen and oxygen atoms in total. The largest absolute Gasteiger partial charge is 0.507 e. The molecule has 1 fully saturated rings. The molecule has 0 amide bonds. The van der Waals surface area contributed by atoms with Crippen molar-refractivity contribution in [1.82, 2.24) is 0 Å². The molecule has 3 aliphatic rings. The number of aliphatic hydroxyl groups excluding tert-OH is 1. The molecule has 5 N–H and O–H groups in total. The first kappa shape index (κ1) is 23.7. The quantitative estimate of drug-likeness (QED) is 0.413. The van der Waals surface area contributed by atoms with Crippen LogP contribution in [0.4, 0.5) is 0 Å². The van der Waals surface area contributed by atoms with Crippen LogP contribution in [0.3, 0.4) is 0 Å².